The Balaban J connectivity index is 1.77. The molecule has 0 unspecified atom stereocenters. The quantitative estimate of drug-likeness (QED) is 0.623. The highest BCUT2D eigenvalue weighted by atomic mass is 32.1. The van der Waals surface area contributed by atoms with Gasteiger partial charge in [0.15, 0.2) is 0 Å². The lowest BCUT2D eigenvalue weighted by molar-refractivity contribution is 0.275. The molecule has 0 aliphatic rings. The van der Waals surface area contributed by atoms with E-state index in [9.17, 15) is 5.11 Å². The number of nitrogens with zero attached hydrogens (tertiary/aromatic N) is 3. The van der Waals surface area contributed by atoms with Gasteiger partial charge in [0, 0.05) is 16.9 Å². The van der Waals surface area contributed by atoms with Crippen molar-refractivity contribution < 1.29 is 5.11 Å². The van der Waals surface area contributed by atoms with E-state index in [0.717, 1.165) is 33.3 Å². The van der Waals surface area contributed by atoms with Crippen molar-refractivity contribution in [3.63, 3.8) is 0 Å². The minimum absolute atomic E-state index is 0.0758. The third kappa shape index (κ3) is 2.35. The number of aromatic nitrogens is 3. The van der Waals surface area contributed by atoms with Gasteiger partial charge in [0.05, 0.1) is 18.0 Å². The van der Waals surface area contributed by atoms with Crippen LogP contribution < -0.4 is 0 Å². The van der Waals surface area contributed by atoms with Crippen molar-refractivity contribution >= 4 is 27.6 Å². The molecule has 3 aromatic heterocycles. The Morgan fingerprint density at radius 1 is 1.09 bits per heavy atom. The van der Waals surface area contributed by atoms with E-state index in [-0.39, 0.29) is 6.61 Å². The first-order chi connectivity index (χ1) is 10.8. The minimum Gasteiger partial charge on any atom is -0.390 e. The monoisotopic (exact) mass is 327 g/mol. The topological polar surface area (TPSA) is 50.4 Å². The summed E-state index contributed by atoms with van der Waals surface area (Å²) in [5.74, 6) is 0. The van der Waals surface area contributed by atoms with E-state index in [4.69, 9.17) is 0 Å². The summed E-state index contributed by atoms with van der Waals surface area (Å²) in [6, 6.07) is 14.1. The second-order valence-electron chi connectivity index (χ2n) is 4.88. The average molecular weight is 327 g/mol. The predicted molar refractivity (Wildman–Crippen MR) is 89.3 cm³/mol. The van der Waals surface area contributed by atoms with E-state index in [2.05, 4.69) is 21.5 Å². The lowest BCUT2D eigenvalue weighted by Gasteiger charge is -2.00. The van der Waals surface area contributed by atoms with Crippen molar-refractivity contribution in [2.45, 2.75) is 13.0 Å². The molecule has 0 spiro atoms. The van der Waals surface area contributed by atoms with E-state index in [1.807, 2.05) is 36.4 Å². The average Bonchev–Trinajstić information content (AvgIpc) is 3.24. The molecule has 0 saturated carbocycles. The highest BCUT2D eigenvalue weighted by Gasteiger charge is 2.17. The Bertz CT molecular complexity index is 894. The molecule has 0 atom stereocenters. The lowest BCUT2D eigenvalue weighted by Crippen LogP contribution is -1.96. The number of hydrogen-bond donors (Lipinski definition) is 1. The molecule has 0 amide bonds. The van der Waals surface area contributed by atoms with Gasteiger partial charge in [-0.05, 0) is 11.4 Å². The summed E-state index contributed by atoms with van der Waals surface area (Å²) in [4.78, 5) is 6.78. The summed E-state index contributed by atoms with van der Waals surface area (Å²) in [5, 5.41) is 17.4. The molecule has 0 fully saturated rings. The van der Waals surface area contributed by atoms with E-state index in [1.54, 1.807) is 27.2 Å². The molecule has 0 radical (unpaired) electrons. The Hall–Kier alpha value is -2.02. The first-order valence-electron chi connectivity index (χ1n) is 6.91. The number of thiophene rings is 1. The Kier molecular flexibility index (Phi) is 3.49. The van der Waals surface area contributed by atoms with Gasteiger partial charge in [-0.25, -0.2) is 9.50 Å². The Morgan fingerprint density at radius 3 is 2.68 bits per heavy atom. The molecule has 0 aliphatic carbocycles. The van der Waals surface area contributed by atoms with Gasteiger partial charge in [-0.15, -0.1) is 11.3 Å². The normalized spacial score (nSPS) is 11.3. The number of hydrogen-bond acceptors (Lipinski definition) is 5. The van der Waals surface area contributed by atoms with Crippen molar-refractivity contribution in [2.24, 2.45) is 0 Å². The van der Waals surface area contributed by atoms with Gasteiger partial charge < -0.3 is 5.11 Å². The molecule has 110 valence electrons. The fourth-order valence-electron chi connectivity index (χ4n) is 2.43. The van der Waals surface area contributed by atoms with E-state index < -0.39 is 0 Å². The molecule has 6 heteroatoms. The Morgan fingerprint density at radius 2 is 1.95 bits per heavy atom. The highest BCUT2D eigenvalue weighted by Crippen LogP contribution is 2.28. The maximum absolute atomic E-state index is 9.74. The van der Waals surface area contributed by atoms with Gasteiger partial charge in [-0.2, -0.15) is 5.10 Å². The summed E-state index contributed by atoms with van der Waals surface area (Å²) >= 11 is 3.30. The summed E-state index contributed by atoms with van der Waals surface area (Å²) in [7, 11) is 0. The molecule has 1 aromatic carbocycles. The van der Waals surface area contributed by atoms with Crippen molar-refractivity contribution in [1.82, 2.24) is 14.6 Å². The summed E-state index contributed by atoms with van der Waals surface area (Å²) in [5.41, 5.74) is 2.56. The second kappa shape index (κ2) is 5.64. The molecule has 1 N–H and O–H groups in total. The van der Waals surface area contributed by atoms with E-state index in [1.165, 1.54) is 4.88 Å². The summed E-state index contributed by atoms with van der Waals surface area (Å²) < 4.78 is 1.77. The van der Waals surface area contributed by atoms with Crippen LogP contribution in [0.15, 0.2) is 47.8 Å². The SMILES string of the molecule is OCc1c(-c2ccccc2)nc2sc(Cc3cccs3)nn12. The highest BCUT2D eigenvalue weighted by molar-refractivity contribution is 7.17. The van der Waals surface area contributed by atoms with Crippen molar-refractivity contribution in [2.75, 3.05) is 0 Å². The van der Waals surface area contributed by atoms with Crippen molar-refractivity contribution in [3.05, 3.63) is 63.4 Å². The molecule has 4 rings (SSSR count). The molecule has 4 aromatic rings. The van der Waals surface area contributed by atoms with Crippen LogP contribution in [0.4, 0.5) is 0 Å². The van der Waals surface area contributed by atoms with Crippen molar-refractivity contribution in [1.29, 1.82) is 0 Å². The summed E-state index contributed by atoms with van der Waals surface area (Å²) in [6.07, 6.45) is 0.817. The zero-order valence-corrected chi connectivity index (χ0v) is 13.3. The first kappa shape index (κ1) is 13.6. The van der Waals surface area contributed by atoms with Crippen LogP contribution in [-0.4, -0.2) is 19.7 Å². The molecule has 3 heterocycles. The van der Waals surface area contributed by atoms with Gasteiger partial charge >= 0.3 is 0 Å². The van der Waals surface area contributed by atoms with Crippen LogP contribution in [0.5, 0.6) is 0 Å². The third-order valence-electron chi connectivity index (χ3n) is 3.44. The molecule has 0 bridgehead atoms. The second-order valence-corrected chi connectivity index (χ2v) is 6.95. The zero-order valence-electron chi connectivity index (χ0n) is 11.6. The van der Waals surface area contributed by atoms with Crippen molar-refractivity contribution in [3.8, 4) is 11.3 Å². The van der Waals surface area contributed by atoms with E-state index in [0.29, 0.717) is 0 Å². The molecular weight excluding hydrogens is 314 g/mol. The number of imidazole rings is 1. The predicted octanol–water partition coefficient (Wildman–Crippen LogP) is 3.60. The molecular formula is C16H13N3OS2. The van der Waals surface area contributed by atoms with Gasteiger partial charge in [-0.1, -0.05) is 47.7 Å². The number of aliphatic hydroxyl groups is 1. The van der Waals surface area contributed by atoms with Crippen LogP contribution in [0.1, 0.15) is 15.6 Å². The number of rotatable bonds is 4. The van der Waals surface area contributed by atoms with Gasteiger partial charge in [0.2, 0.25) is 4.96 Å². The molecule has 22 heavy (non-hydrogen) atoms. The summed E-state index contributed by atoms with van der Waals surface area (Å²) in [6.45, 7) is -0.0758. The fraction of sp³-hybridized carbons (Fsp3) is 0.125. The molecule has 0 aliphatic heterocycles. The number of fused-ring (bicyclic) bond motifs is 1. The van der Waals surface area contributed by atoms with Gasteiger partial charge in [-0.3, -0.25) is 0 Å². The molecule has 0 saturated heterocycles. The first-order valence-corrected chi connectivity index (χ1v) is 8.61. The van der Waals surface area contributed by atoms with Gasteiger partial charge in [0.1, 0.15) is 5.01 Å². The van der Waals surface area contributed by atoms with Crippen LogP contribution in [0, 0.1) is 0 Å². The maximum Gasteiger partial charge on any atom is 0.213 e. The van der Waals surface area contributed by atoms with E-state index >= 15 is 0 Å². The van der Waals surface area contributed by atoms with Crippen LogP contribution in [0.2, 0.25) is 0 Å². The fourth-order valence-corrected chi connectivity index (χ4v) is 4.17. The maximum atomic E-state index is 9.74. The van der Waals surface area contributed by atoms with Crippen LogP contribution in [-0.2, 0) is 13.0 Å². The zero-order chi connectivity index (χ0) is 14.9. The standard InChI is InChI=1S/C16H13N3OS2/c20-10-13-15(11-5-2-1-3-6-11)17-16-19(13)18-14(22-16)9-12-7-4-8-21-12/h1-8,20H,9-10H2. The van der Waals surface area contributed by atoms with Crippen LogP contribution >= 0.6 is 22.7 Å². The number of aliphatic hydroxyl groups excluding tert-OH is 1. The minimum atomic E-state index is -0.0758. The number of benzene rings is 1. The van der Waals surface area contributed by atoms with Crippen LogP contribution in [0.25, 0.3) is 16.2 Å². The molecule has 4 nitrogen and oxygen atoms in total. The largest absolute Gasteiger partial charge is 0.390 e. The Labute approximate surface area is 135 Å². The van der Waals surface area contributed by atoms with Crippen LogP contribution in [0.3, 0.4) is 0 Å². The third-order valence-corrected chi connectivity index (χ3v) is 5.23. The smallest absolute Gasteiger partial charge is 0.213 e. The van der Waals surface area contributed by atoms with Gasteiger partial charge in [0.25, 0.3) is 0 Å². The lowest BCUT2D eigenvalue weighted by atomic mass is 10.1.